The number of nitrogens with zero attached hydrogens (tertiary/aromatic N) is 10. The van der Waals surface area contributed by atoms with Crippen LogP contribution >= 0.6 is 0 Å². The number of carbonyl (C=O) groups excluding carboxylic acids is 5. The number of ketones is 5. The molecule has 1 N–H and O–H groups in total. The number of rotatable bonds is 5. The fourth-order valence-electron chi connectivity index (χ4n) is 25.2. The molecule has 0 radical (unpaired) electrons. The highest BCUT2D eigenvalue weighted by Crippen LogP contribution is 2.62. The fourth-order valence-corrected chi connectivity index (χ4v) is 25.2. The van der Waals surface area contributed by atoms with Gasteiger partial charge in [-0.15, -0.1) is 0 Å². The highest BCUT2D eigenvalue weighted by atomic mass is 16.7. The summed E-state index contributed by atoms with van der Waals surface area (Å²) in [5.41, 5.74) is 14.0. The van der Waals surface area contributed by atoms with Crippen LogP contribution in [0.4, 0.5) is 0 Å². The lowest BCUT2D eigenvalue weighted by molar-refractivity contribution is -0.243. The summed E-state index contributed by atoms with van der Waals surface area (Å²) < 4.78 is 41.9. The van der Waals surface area contributed by atoms with Crippen LogP contribution in [0.1, 0.15) is 245 Å². The molecule has 22 heteroatoms. The lowest BCUT2D eigenvalue weighted by Crippen LogP contribution is -2.58. The van der Waals surface area contributed by atoms with Crippen molar-refractivity contribution in [1.29, 1.82) is 0 Å². The van der Waals surface area contributed by atoms with Gasteiger partial charge in [0, 0.05) is 157 Å². The monoisotopic (exact) mass is 1630 g/mol. The molecular formula is C97H132N10O12. The summed E-state index contributed by atoms with van der Waals surface area (Å²) in [6.07, 6.45) is 26.1. The Bertz CT molecular complexity index is 4850. The van der Waals surface area contributed by atoms with E-state index in [4.69, 9.17) is 43.7 Å². The molecule has 10 aliphatic carbocycles. The van der Waals surface area contributed by atoms with Crippen molar-refractivity contribution in [2.24, 2.45) is 97.1 Å². The largest absolute Gasteiger partial charge is 0.515 e. The van der Waals surface area contributed by atoms with E-state index in [-0.39, 0.29) is 102 Å². The summed E-state index contributed by atoms with van der Waals surface area (Å²) in [6, 6.07) is 23.3. The number of hydrogen-bond donors (Lipinski definition) is 1. The van der Waals surface area contributed by atoms with Crippen molar-refractivity contribution in [3.8, 4) is 34.2 Å². The van der Waals surface area contributed by atoms with E-state index in [1.54, 1.807) is 30.6 Å². The number of carbonyl (C=O) groups is 5. The average Bonchev–Trinajstić information content (AvgIpc) is 1.66. The number of fused-ring (bicyclic) bond motifs is 11. The molecule has 3 saturated heterocycles. The molecule has 13 aliphatic rings. The third-order valence-electron chi connectivity index (χ3n) is 31.7. The van der Waals surface area contributed by atoms with Gasteiger partial charge in [0.1, 0.15) is 23.0 Å². The van der Waals surface area contributed by atoms with Gasteiger partial charge < -0.3 is 33.5 Å². The van der Waals surface area contributed by atoms with Crippen molar-refractivity contribution in [3.63, 3.8) is 0 Å². The van der Waals surface area contributed by atoms with Gasteiger partial charge in [-0.1, -0.05) is 116 Å². The molecule has 10 heterocycles. The molecule has 16 atom stereocenters. The van der Waals surface area contributed by atoms with Gasteiger partial charge in [-0.05, 0) is 174 Å². The molecule has 7 aromatic heterocycles. The van der Waals surface area contributed by atoms with E-state index in [1.165, 1.54) is 33.8 Å². The van der Waals surface area contributed by atoms with Crippen LogP contribution in [0.3, 0.4) is 0 Å². The third kappa shape index (κ3) is 14.9. The molecule has 20 rings (SSSR count). The van der Waals surface area contributed by atoms with E-state index in [9.17, 15) is 29.1 Å². The molecule has 0 bridgehead atoms. The first-order chi connectivity index (χ1) is 55.6. The van der Waals surface area contributed by atoms with Gasteiger partial charge in [0.05, 0.1) is 103 Å². The molecule has 7 aromatic rings. The van der Waals surface area contributed by atoms with Crippen LogP contribution in [0, 0.1) is 75.9 Å². The highest BCUT2D eigenvalue weighted by molar-refractivity contribution is 6.12. The minimum atomic E-state index is -0.567. The Kier molecular flexibility index (Phi) is 25.6. The van der Waals surface area contributed by atoms with E-state index >= 15 is 0 Å². The van der Waals surface area contributed by atoms with E-state index in [0.717, 1.165) is 156 Å². The molecule has 0 aromatic carbocycles. The molecule has 10 fully saturated rings. The predicted octanol–water partition coefficient (Wildman–Crippen LogP) is 17.6. The number of pyridine rings is 4. The van der Waals surface area contributed by atoms with Crippen molar-refractivity contribution >= 4 is 28.9 Å². The molecule has 0 amide bonds. The number of aliphatic hydroxyl groups is 1. The Labute approximate surface area is 705 Å². The van der Waals surface area contributed by atoms with Crippen molar-refractivity contribution in [3.05, 3.63) is 149 Å². The molecule has 642 valence electrons. The van der Waals surface area contributed by atoms with Crippen LogP contribution in [0.5, 0.6) is 0 Å². The van der Waals surface area contributed by atoms with Gasteiger partial charge >= 0.3 is 0 Å². The number of hydrogen-bond acceptors (Lipinski definition) is 19. The van der Waals surface area contributed by atoms with Gasteiger partial charge in [-0.25, -0.2) is 0 Å². The topological polar surface area (TPSA) is 266 Å². The molecule has 119 heavy (non-hydrogen) atoms. The van der Waals surface area contributed by atoms with Crippen molar-refractivity contribution in [1.82, 2.24) is 49.3 Å². The smallest absolute Gasteiger partial charge is 0.191 e. The quantitative estimate of drug-likeness (QED) is 0.0726. The van der Waals surface area contributed by atoms with Crippen molar-refractivity contribution in [2.75, 3.05) is 39.6 Å². The van der Waals surface area contributed by atoms with Gasteiger partial charge in [0.2, 0.25) is 0 Å². The predicted molar refractivity (Wildman–Crippen MR) is 457 cm³/mol. The van der Waals surface area contributed by atoms with Crippen LogP contribution in [0.2, 0.25) is 0 Å². The Morgan fingerprint density at radius 2 is 0.815 bits per heavy atom. The van der Waals surface area contributed by atoms with Gasteiger partial charge in [0.15, 0.2) is 28.9 Å². The molecule has 3 aliphatic heterocycles. The second kappa shape index (κ2) is 34.3. The van der Waals surface area contributed by atoms with E-state index in [0.29, 0.717) is 105 Å². The highest BCUT2D eigenvalue weighted by Gasteiger charge is 2.63. The number of ether oxygens (including phenoxy) is 6. The SMILES string of the molecule is C.C.C.C[C@@H]1C(=O)/C(=C\O)C[C@]2(C)c3nn(C)c(-c4ccccn4)c3CC[C@@H]12.C[C@@H]1C(=O)CC[C@]2(C)c3nn(C)c(-c4ccccn4)c3CC[C@@H]12.C[C@H]1[C@@H]2CCC(C(=O)c3ccccn3)C(=O)[C@@]2(C)CCC12OCCO2.C[C@H]1[C@@H]2CCCC(=O)[C@@]2(C)CCC12OCCO2.C[C@H]1[C@@H]2CCc3c(nn(C)c3-c3ccccn3)[C@@]2(C)CCC12OCCO2. The van der Waals surface area contributed by atoms with Crippen LogP contribution in [-0.4, -0.2) is 140 Å². The van der Waals surface area contributed by atoms with Crippen LogP contribution in [0.15, 0.2) is 109 Å². The summed E-state index contributed by atoms with van der Waals surface area (Å²) in [5, 5.41) is 24.4. The molecule has 22 nitrogen and oxygen atoms in total. The normalized spacial score (nSPS) is 33.4. The van der Waals surface area contributed by atoms with Crippen molar-refractivity contribution < 1.29 is 57.5 Å². The maximum atomic E-state index is 13.3. The van der Waals surface area contributed by atoms with Gasteiger partial charge in [0.25, 0.3) is 0 Å². The van der Waals surface area contributed by atoms with Crippen LogP contribution < -0.4 is 0 Å². The molecular weight excluding hydrogens is 1500 g/mol. The molecule has 1 unspecified atom stereocenters. The van der Waals surface area contributed by atoms with E-state index < -0.39 is 17.1 Å². The third-order valence-corrected chi connectivity index (χ3v) is 31.7. The first-order valence-corrected chi connectivity index (χ1v) is 43.3. The van der Waals surface area contributed by atoms with Crippen LogP contribution in [-0.2, 0) is 104 Å². The number of Topliss-reactive ketones (excluding diaryl/α,β-unsaturated/α-hetero) is 5. The minimum Gasteiger partial charge on any atom is -0.515 e. The standard InChI is InChI=1S/C21H27N3O2.C20H23N3O2.C20H25NO4.C19H23N3O.C14H22O3.3CH4/c1-14-16-8-7-15-18(17-6-4-5-11-22-17)24(3)23-19(15)20(16,2)9-10-21(14)25-12-13-26-21;1-12-15-8-7-14-17(16-6-4-5-9-21-16)23(3)22-19(14)20(15,2)10-13(11-24)18(12)25;1-13-15-7-6-14(17(22)16-5-3-4-10-21-16)18(23)19(15,2)8-9-20(13)24-11-12-25-20;1-12-14-8-7-13-17(15-6-4-5-11-20-15)22(3)21-18(13)19(14,2)10-9-16(12)23;1-10-11-4-3-5-12(15)13(11,2)6-7-14(10)16-8-9-17-14;;;/h4-6,11,14,16H,7-10,12-13H2,1-3H3;4-6,9,11-12,15,24H,7-8,10H2,1-3H3;3-5,10,13-15H,6-9,11-12H2,1-2H3;4-6,11-12,14H,7-10H2,1-3H3;10-11H,3-9H2,1-2H3;3*1H4/b;13-11-;;;;;;/t14-,16-,20-;12-,15-,20-;13-,14?,15-,19-;12-,14-,19-;10-,11-,13-;;;/m00000.../s1. The number of aromatic nitrogens is 10. The van der Waals surface area contributed by atoms with E-state index in [1.807, 2.05) is 90.8 Å². The number of allylic oxidation sites excluding steroid dienone is 1. The van der Waals surface area contributed by atoms with Gasteiger partial charge in [-0.2, -0.15) is 15.3 Å². The Morgan fingerprint density at radius 1 is 0.429 bits per heavy atom. The zero-order valence-corrected chi connectivity index (χ0v) is 70.5. The average molecular weight is 1630 g/mol. The minimum absolute atomic E-state index is 0. The first-order valence-electron chi connectivity index (χ1n) is 43.3. The first kappa shape index (κ1) is 88.7. The summed E-state index contributed by atoms with van der Waals surface area (Å²) in [4.78, 5) is 80.8. The number of aryl methyl sites for hydroxylation is 3. The molecule has 3 spiro atoms. The zero-order valence-electron chi connectivity index (χ0n) is 70.5. The lowest BCUT2D eigenvalue weighted by Gasteiger charge is -2.54. The second-order valence-corrected chi connectivity index (χ2v) is 37.3. The zero-order chi connectivity index (χ0) is 81.7. The summed E-state index contributed by atoms with van der Waals surface area (Å²) in [7, 11) is 6.02. The maximum absolute atomic E-state index is 13.3. The van der Waals surface area contributed by atoms with Crippen LogP contribution in [0.25, 0.3) is 34.2 Å². The Balaban J connectivity index is 0.000000129. The fraction of sp³-hybridized carbons (Fsp3) is 0.629. The number of aliphatic hydroxyl groups excluding tert-OH is 1. The van der Waals surface area contributed by atoms with Gasteiger partial charge in [-0.3, -0.25) is 58.0 Å². The van der Waals surface area contributed by atoms with E-state index in [2.05, 4.69) is 101 Å². The Hall–Kier alpha value is -8.12. The second-order valence-electron chi connectivity index (χ2n) is 37.3. The lowest BCUT2D eigenvalue weighted by atomic mass is 9.52. The molecule has 7 saturated carbocycles. The summed E-state index contributed by atoms with van der Waals surface area (Å²) >= 11 is 0. The maximum Gasteiger partial charge on any atom is 0.191 e. The summed E-state index contributed by atoms with van der Waals surface area (Å²) in [5.74, 6) is 1.88. The Morgan fingerprint density at radius 3 is 1.24 bits per heavy atom. The van der Waals surface area contributed by atoms with Crippen molar-refractivity contribution in [2.45, 2.75) is 254 Å². The summed E-state index contributed by atoms with van der Waals surface area (Å²) in [6.45, 7) is 26.0.